The number of nitrogens with one attached hydrogen (secondary N) is 1. The molecule has 7 nitrogen and oxygen atoms in total. The molecule has 0 saturated carbocycles. The Labute approximate surface area is 193 Å². The number of rotatable bonds is 10. The van der Waals surface area contributed by atoms with Crippen LogP contribution in [-0.2, 0) is 26.2 Å². The fraction of sp³-hybridized carbons (Fsp3) is 0.391. The van der Waals surface area contributed by atoms with Crippen LogP contribution in [0, 0.1) is 11.6 Å². The van der Waals surface area contributed by atoms with Gasteiger partial charge in [-0.05, 0) is 56.2 Å². The summed E-state index contributed by atoms with van der Waals surface area (Å²) in [7, 11) is -3.94. The lowest BCUT2D eigenvalue weighted by Gasteiger charge is -2.32. The average Bonchev–Trinajstić information content (AvgIpc) is 2.75. The highest BCUT2D eigenvalue weighted by atomic mass is 32.2. The van der Waals surface area contributed by atoms with Gasteiger partial charge in [-0.3, -0.25) is 13.9 Å². The molecule has 0 bridgehead atoms. The van der Waals surface area contributed by atoms with E-state index in [1.54, 1.807) is 0 Å². The van der Waals surface area contributed by atoms with Crippen LogP contribution in [0.5, 0.6) is 0 Å². The van der Waals surface area contributed by atoms with E-state index in [1.807, 2.05) is 13.8 Å². The van der Waals surface area contributed by atoms with Crippen LogP contribution >= 0.6 is 0 Å². The van der Waals surface area contributed by atoms with Gasteiger partial charge in [0.2, 0.25) is 21.8 Å². The molecule has 2 aromatic rings. The van der Waals surface area contributed by atoms with Crippen molar-refractivity contribution in [1.82, 2.24) is 10.2 Å². The van der Waals surface area contributed by atoms with Crippen LogP contribution in [0.25, 0.3) is 0 Å². The maximum atomic E-state index is 13.7. The molecule has 0 aromatic heterocycles. The molecular formula is C23H29F2N3O4S. The van der Waals surface area contributed by atoms with Crippen LogP contribution in [-0.4, -0.2) is 50.0 Å². The zero-order valence-electron chi connectivity index (χ0n) is 19.1. The van der Waals surface area contributed by atoms with Crippen molar-refractivity contribution in [2.75, 3.05) is 17.1 Å². The van der Waals surface area contributed by atoms with Crippen molar-refractivity contribution in [3.05, 3.63) is 65.7 Å². The largest absolute Gasteiger partial charge is 0.352 e. The summed E-state index contributed by atoms with van der Waals surface area (Å²) in [5.74, 6) is -2.18. The molecule has 0 aliphatic heterocycles. The second kappa shape index (κ2) is 11.2. The minimum absolute atomic E-state index is 0.00991. The molecule has 0 saturated heterocycles. The van der Waals surface area contributed by atoms with E-state index in [4.69, 9.17) is 0 Å². The molecule has 2 amide bonds. The Morgan fingerprint density at radius 3 is 2.21 bits per heavy atom. The lowest BCUT2D eigenvalue weighted by molar-refractivity contribution is -0.139. The van der Waals surface area contributed by atoms with Gasteiger partial charge in [0.15, 0.2) is 0 Å². The summed E-state index contributed by atoms with van der Waals surface area (Å²) in [6, 6.07) is 9.26. The molecule has 2 rings (SSSR count). The molecule has 2 atom stereocenters. The van der Waals surface area contributed by atoms with Gasteiger partial charge < -0.3 is 10.2 Å². The summed E-state index contributed by atoms with van der Waals surface area (Å²) in [5, 5.41) is 2.81. The van der Waals surface area contributed by atoms with Gasteiger partial charge in [0, 0.05) is 12.6 Å². The molecule has 0 radical (unpaired) electrons. The van der Waals surface area contributed by atoms with E-state index < -0.39 is 46.1 Å². The van der Waals surface area contributed by atoms with Gasteiger partial charge in [-0.1, -0.05) is 25.1 Å². The fourth-order valence-corrected chi connectivity index (χ4v) is 3.92. The van der Waals surface area contributed by atoms with E-state index >= 15 is 0 Å². The normalized spacial score (nSPS) is 13.2. The number of amides is 2. The summed E-state index contributed by atoms with van der Waals surface area (Å²) in [4.78, 5) is 27.3. The van der Waals surface area contributed by atoms with Gasteiger partial charge in [-0.2, -0.15) is 0 Å². The van der Waals surface area contributed by atoms with Gasteiger partial charge in [0.05, 0.1) is 11.9 Å². The summed E-state index contributed by atoms with van der Waals surface area (Å²) >= 11 is 0. The van der Waals surface area contributed by atoms with Gasteiger partial charge >= 0.3 is 0 Å². The lowest BCUT2D eigenvalue weighted by atomic mass is 10.1. The van der Waals surface area contributed by atoms with Crippen molar-refractivity contribution in [3.63, 3.8) is 0 Å². The minimum atomic E-state index is -3.94. The molecule has 0 fully saturated rings. The quantitative estimate of drug-likeness (QED) is 0.565. The first-order valence-corrected chi connectivity index (χ1v) is 12.3. The number of benzene rings is 2. The third-order valence-corrected chi connectivity index (χ3v) is 6.35. The zero-order valence-corrected chi connectivity index (χ0v) is 19.9. The van der Waals surface area contributed by atoms with Crippen molar-refractivity contribution in [2.45, 2.75) is 45.8 Å². The molecular weight excluding hydrogens is 452 g/mol. The highest BCUT2D eigenvalue weighted by molar-refractivity contribution is 7.92. The molecule has 33 heavy (non-hydrogen) atoms. The van der Waals surface area contributed by atoms with Gasteiger partial charge in [-0.25, -0.2) is 17.2 Å². The first-order chi connectivity index (χ1) is 15.4. The predicted octanol–water partition coefficient (Wildman–Crippen LogP) is 3.06. The lowest BCUT2D eigenvalue weighted by Crippen LogP contribution is -2.52. The number of sulfonamides is 1. The topological polar surface area (TPSA) is 86.8 Å². The Morgan fingerprint density at radius 2 is 1.67 bits per heavy atom. The summed E-state index contributed by atoms with van der Waals surface area (Å²) in [6.45, 7) is 4.58. The van der Waals surface area contributed by atoms with Gasteiger partial charge in [0.25, 0.3) is 0 Å². The van der Waals surface area contributed by atoms with Crippen molar-refractivity contribution >= 4 is 27.5 Å². The van der Waals surface area contributed by atoms with E-state index in [0.29, 0.717) is 12.0 Å². The van der Waals surface area contributed by atoms with Crippen LogP contribution in [0.1, 0.15) is 32.8 Å². The molecule has 0 unspecified atom stereocenters. The van der Waals surface area contributed by atoms with Crippen molar-refractivity contribution in [1.29, 1.82) is 0 Å². The van der Waals surface area contributed by atoms with E-state index in [-0.39, 0.29) is 18.3 Å². The zero-order chi connectivity index (χ0) is 24.8. The van der Waals surface area contributed by atoms with Crippen LogP contribution in [0.15, 0.2) is 48.5 Å². The number of hydrogen-bond acceptors (Lipinski definition) is 4. The number of halogens is 2. The Hall–Kier alpha value is -3.01. The molecule has 0 spiro atoms. The van der Waals surface area contributed by atoms with Gasteiger partial charge in [-0.15, -0.1) is 0 Å². The Balaban J connectivity index is 2.37. The number of anilines is 1. The van der Waals surface area contributed by atoms with Crippen LogP contribution in [0.2, 0.25) is 0 Å². The second-order valence-electron chi connectivity index (χ2n) is 7.89. The molecule has 0 heterocycles. The highest BCUT2D eigenvalue weighted by Gasteiger charge is 2.30. The predicted molar refractivity (Wildman–Crippen MR) is 123 cm³/mol. The first kappa shape index (κ1) is 26.2. The molecule has 180 valence electrons. The summed E-state index contributed by atoms with van der Waals surface area (Å²) in [6.07, 6.45) is 1.60. The maximum Gasteiger partial charge on any atom is 0.244 e. The average molecular weight is 482 g/mol. The molecule has 10 heteroatoms. The van der Waals surface area contributed by atoms with E-state index in [9.17, 15) is 26.8 Å². The molecule has 0 aliphatic carbocycles. The molecule has 1 N–H and O–H groups in total. The van der Waals surface area contributed by atoms with E-state index in [0.717, 1.165) is 22.7 Å². The Kier molecular flexibility index (Phi) is 8.92. The van der Waals surface area contributed by atoms with Crippen molar-refractivity contribution in [2.24, 2.45) is 0 Å². The second-order valence-corrected chi connectivity index (χ2v) is 9.80. The standard InChI is InChI=1S/C23H29F2N3O4S/c1-5-16(2)26-23(30)17(3)27(14-18-9-11-19(24)12-10-18)22(29)15-28(33(4,31)32)21-8-6-7-20(25)13-21/h6-13,16-17H,5,14-15H2,1-4H3,(H,26,30)/t16-,17+/m0/s1. The van der Waals surface area contributed by atoms with Gasteiger partial charge in [0.1, 0.15) is 24.2 Å². The van der Waals surface area contributed by atoms with Crippen molar-refractivity contribution < 1.29 is 26.8 Å². The Morgan fingerprint density at radius 1 is 1.03 bits per heavy atom. The smallest absolute Gasteiger partial charge is 0.244 e. The highest BCUT2D eigenvalue weighted by Crippen LogP contribution is 2.20. The Bertz CT molecular complexity index is 1080. The fourth-order valence-electron chi connectivity index (χ4n) is 3.08. The third kappa shape index (κ3) is 7.52. The van der Waals surface area contributed by atoms with E-state index in [1.165, 1.54) is 48.2 Å². The maximum absolute atomic E-state index is 13.7. The SMILES string of the molecule is CC[C@H](C)NC(=O)[C@@H](C)N(Cc1ccc(F)cc1)C(=O)CN(c1cccc(F)c1)S(C)(=O)=O. The molecule has 2 aromatic carbocycles. The minimum Gasteiger partial charge on any atom is -0.352 e. The number of carbonyl (C=O) groups excluding carboxylic acids is 2. The number of nitrogens with zero attached hydrogens (tertiary/aromatic N) is 2. The number of carbonyl (C=O) groups is 2. The molecule has 0 aliphatic rings. The van der Waals surface area contributed by atoms with Crippen molar-refractivity contribution in [3.8, 4) is 0 Å². The monoisotopic (exact) mass is 481 g/mol. The van der Waals surface area contributed by atoms with E-state index in [2.05, 4.69) is 5.32 Å². The summed E-state index contributed by atoms with van der Waals surface area (Å²) in [5.41, 5.74) is 0.550. The van der Waals surface area contributed by atoms with Crippen LogP contribution in [0.4, 0.5) is 14.5 Å². The first-order valence-electron chi connectivity index (χ1n) is 10.5. The third-order valence-electron chi connectivity index (χ3n) is 5.21. The summed E-state index contributed by atoms with van der Waals surface area (Å²) < 4.78 is 52.6. The van der Waals surface area contributed by atoms with Crippen LogP contribution < -0.4 is 9.62 Å². The number of hydrogen-bond donors (Lipinski definition) is 1. The van der Waals surface area contributed by atoms with Crippen LogP contribution in [0.3, 0.4) is 0 Å².